The second-order valence-corrected chi connectivity index (χ2v) is 8.21. The van der Waals surface area contributed by atoms with Crippen LogP contribution >= 0.6 is 11.3 Å². The molecule has 1 unspecified atom stereocenters. The topological polar surface area (TPSA) is 68.3 Å². The van der Waals surface area contributed by atoms with Gasteiger partial charge in [-0.15, -0.1) is 11.3 Å². The Bertz CT molecular complexity index is 1160. The molecular formula is C24H22N2O3S. The zero-order chi connectivity index (χ0) is 20.9. The number of amides is 1. The minimum absolute atomic E-state index is 0.190. The van der Waals surface area contributed by atoms with E-state index in [4.69, 9.17) is 4.74 Å². The highest BCUT2D eigenvalue weighted by atomic mass is 32.1. The average Bonchev–Trinajstić information content (AvgIpc) is 3.19. The third-order valence-corrected chi connectivity index (χ3v) is 6.01. The lowest BCUT2D eigenvalue weighted by Crippen LogP contribution is -2.31. The summed E-state index contributed by atoms with van der Waals surface area (Å²) < 4.78 is 6.25. The van der Waals surface area contributed by atoms with Crippen molar-refractivity contribution in [2.75, 3.05) is 6.61 Å². The summed E-state index contributed by atoms with van der Waals surface area (Å²) in [4.78, 5) is 28.8. The van der Waals surface area contributed by atoms with E-state index in [1.807, 2.05) is 73.7 Å². The normalized spacial score (nSPS) is 12.0. The summed E-state index contributed by atoms with van der Waals surface area (Å²) in [6.45, 7) is 1.64. The van der Waals surface area contributed by atoms with Crippen LogP contribution in [0.3, 0.4) is 0 Å². The summed E-state index contributed by atoms with van der Waals surface area (Å²) in [5.74, 6) is -0.717. The first-order valence-electron chi connectivity index (χ1n) is 9.87. The van der Waals surface area contributed by atoms with Gasteiger partial charge in [-0.2, -0.15) is 0 Å². The van der Waals surface area contributed by atoms with E-state index in [0.29, 0.717) is 6.42 Å². The van der Waals surface area contributed by atoms with Crippen LogP contribution in [-0.4, -0.2) is 23.5 Å². The molecule has 0 aliphatic rings. The van der Waals surface area contributed by atoms with Crippen molar-refractivity contribution in [2.45, 2.75) is 25.8 Å². The van der Waals surface area contributed by atoms with Gasteiger partial charge in [0.1, 0.15) is 0 Å². The Morgan fingerprint density at radius 3 is 2.67 bits per heavy atom. The summed E-state index contributed by atoms with van der Waals surface area (Å²) in [5.41, 5.74) is 1.97. The van der Waals surface area contributed by atoms with E-state index < -0.39 is 5.97 Å². The molecule has 0 saturated heterocycles. The van der Waals surface area contributed by atoms with Gasteiger partial charge in [-0.1, -0.05) is 54.6 Å². The van der Waals surface area contributed by atoms with Gasteiger partial charge in [-0.25, -0.2) is 4.98 Å². The quantitative estimate of drug-likeness (QED) is 0.438. The molecule has 152 valence electrons. The Labute approximate surface area is 178 Å². The Kier molecular flexibility index (Phi) is 6.05. The average molecular weight is 419 g/mol. The molecule has 1 N–H and O–H groups in total. The molecule has 1 heterocycles. The molecule has 0 radical (unpaired) electrons. The predicted octanol–water partition coefficient (Wildman–Crippen LogP) is 4.80. The summed E-state index contributed by atoms with van der Waals surface area (Å²) >= 11 is 1.57. The second-order valence-electron chi connectivity index (χ2n) is 7.09. The van der Waals surface area contributed by atoms with E-state index in [1.54, 1.807) is 11.3 Å². The molecule has 0 fully saturated rings. The largest absolute Gasteiger partial charge is 0.456 e. The Morgan fingerprint density at radius 1 is 1.03 bits per heavy atom. The van der Waals surface area contributed by atoms with Gasteiger partial charge < -0.3 is 10.1 Å². The summed E-state index contributed by atoms with van der Waals surface area (Å²) in [6, 6.07) is 21.7. The first-order valence-corrected chi connectivity index (χ1v) is 10.7. The van der Waals surface area contributed by atoms with Crippen molar-refractivity contribution >= 4 is 44.2 Å². The van der Waals surface area contributed by atoms with Crippen LogP contribution in [-0.2, 0) is 20.7 Å². The number of aromatic nitrogens is 1. The van der Waals surface area contributed by atoms with Gasteiger partial charge in [0.2, 0.25) is 0 Å². The number of nitrogens with zero attached hydrogens (tertiary/aromatic N) is 1. The van der Waals surface area contributed by atoms with Crippen LogP contribution in [0.5, 0.6) is 0 Å². The van der Waals surface area contributed by atoms with Crippen LogP contribution < -0.4 is 5.32 Å². The van der Waals surface area contributed by atoms with Crippen molar-refractivity contribution < 1.29 is 14.3 Å². The van der Waals surface area contributed by atoms with E-state index in [9.17, 15) is 9.59 Å². The van der Waals surface area contributed by atoms with Crippen LogP contribution in [0.15, 0.2) is 66.7 Å². The number of carbonyl (C=O) groups is 2. The molecule has 4 aromatic rings. The van der Waals surface area contributed by atoms with Gasteiger partial charge in [-0.05, 0) is 35.4 Å². The Hall–Kier alpha value is -3.25. The minimum atomic E-state index is -0.401. The summed E-state index contributed by atoms with van der Waals surface area (Å²) in [6.07, 6.45) is 0.707. The van der Waals surface area contributed by atoms with Crippen molar-refractivity contribution in [2.24, 2.45) is 0 Å². The maximum Gasteiger partial charge on any atom is 0.306 e. The fourth-order valence-electron chi connectivity index (χ4n) is 3.44. The molecule has 6 heteroatoms. The fraction of sp³-hybridized carbons (Fsp3) is 0.208. The zero-order valence-corrected chi connectivity index (χ0v) is 17.4. The van der Waals surface area contributed by atoms with Gasteiger partial charge in [-0.3, -0.25) is 9.59 Å². The van der Waals surface area contributed by atoms with E-state index in [1.165, 1.54) is 0 Å². The molecule has 1 atom stereocenters. The number of aryl methyl sites for hydroxylation is 1. The number of benzene rings is 3. The van der Waals surface area contributed by atoms with E-state index >= 15 is 0 Å². The van der Waals surface area contributed by atoms with Crippen LogP contribution in [0.1, 0.15) is 30.0 Å². The lowest BCUT2D eigenvalue weighted by atomic mass is 10.00. The van der Waals surface area contributed by atoms with Crippen molar-refractivity contribution in [1.82, 2.24) is 10.3 Å². The standard InChI is InChI=1S/C24H22N2O3S/c1-16(18-10-6-8-17-7-2-3-9-19(17)18)25-22(27)15-29-24(28)14-13-23-26-20-11-4-5-12-21(20)30-23/h2-12,16H,13-15H2,1H3,(H,25,27). The molecule has 5 nitrogen and oxygen atoms in total. The highest BCUT2D eigenvalue weighted by Crippen LogP contribution is 2.24. The van der Waals surface area contributed by atoms with Crippen LogP contribution in [0.25, 0.3) is 21.0 Å². The highest BCUT2D eigenvalue weighted by molar-refractivity contribution is 7.18. The molecule has 1 amide bonds. The van der Waals surface area contributed by atoms with Crippen LogP contribution in [0.2, 0.25) is 0 Å². The summed E-state index contributed by atoms with van der Waals surface area (Å²) in [7, 11) is 0. The SMILES string of the molecule is CC(NC(=O)COC(=O)CCc1nc2ccccc2s1)c1cccc2ccccc12. The highest BCUT2D eigenvalue weighted by Gasteiger charge is 2.14. The lowest BCUT2D eigenvalue weighted by Gasteiger charge is -2.16. The Balaban J connectivity index is 1.27. The first kappa shape index (κ1) is 20.0. The minimum Gasteiger partial charge on any atom is -0.456 e. The number of hydrogen-bond donors (Lipinski definition) is 1. The zero-order valence-electron chi connectivity index (χ0n) is 16.6. The number of para-hydroxylation sites is 1. The third-order valence-electron chi connectivity index (χ3n) is 4.91. The van der Waals surface area contributed by atoms with Gasteiger partial charge in [0, 0.05) is 6.42 Å². The molecule has 0 aliphatic heterocycles. The monoisotopic (exact) mass is 418 g/mol. The molecule has 30 heavy (non-hydrogen) atoms. The molecule has 0 saturated carbocycles. The van der Waals surface area contributed by atoms with Crippen molar-refractivity contribution in [3.05, 3.63) is 77.3 Å². The number of hydrogen-bond acceptors (Lipinski definition) is 5. The van der Waals surface area contributed by atoms with Crippen molar-refractivity contribution in [1.29, 1.82) is 0 Å². The van der Waals surface area contributed by atoms with E-state index in [0.717, 1.165) is 31.6 Å². The second kappa shape index (κ2) is 9.05. The number of fused-ring (bicyclic) bond motifs is 2. The van der Waals surface area contributed by atoms with E-state index in [2.05, 4.69) is 10.3 Å². The van der Waals surface area contributed by atoms with Crippen LogP contribution in [0.4, 0.5) is 0 Å². The number of ether oxygens (including phenoxy) is 1. The number of carbonyl (C=O) groups excluding carboxylic acids is 2. The van der Waals surface area contributed by atoms with E-state index in [-0.39, 0.29) is 25.0 Å². The van der Waals surface area contributed by atoms with Crippen molar-refractivity contribution in [3.63, 3.8) is 0 Å². The summed E-state index contributed by atoms with van der Waals surface area (Å²) in [5, 5.41) is 6.02. The molecule has 4 rings (SSSR count). The van der Waals surface area contributed by atoms with Crippen molar-refractivity contribution in [3.8, 4) is 0 Å². The number of rotatable bonds is 7. The molecule has 3 aromatic carbocycles. The molecule has 0 aliphatic carbocycles. The van der Waals surface area contributed by atoms with Gasteiger partial charge in [0.25, 0.3) is 5.91 Å². The predicted molar refractivity (Wildman–Crippen MR) is 119 cm³/mol. The van der Waals surface area contributed by atoms with Gasteiger partial charge in [0.15, 0.2) is 6.61 Å². The molecule has 1 aromatic heterocycles. The smallest absolute Gasteiger partial charge is 0.306 e. The van der Waals surface area contributed by atoms with Crippen LogP contribution in [0, 0.1) is 0 Å². The van der Waals surface area contributed by atoms with Gasteiger partial charge >= 0.3 is 5.97 Å². The lowest BCUT2D eigenvalue weighted by molar-refractivity contribution is -0.148. The third kappa shape index (κ3) is 4.66. The fourth-order valence-corrected chi connectivity index (χ4v) is 4.41. The maximum atomic E-state index is 12.3. The maximum absolute atomic E-state index is 12.3. The Morgan fingerprint density at radius 2 is 1.80 bits per heavy atom. The van der Waals surface area contributed by atoms with Gasteiger partial charge in [0.05, 0.1) is 27.7 Å². The molecule has 0 spiro atoms. The molecule has 0 bridgehead atoms. The molecular weight excluding hydrogens is 396 g/mol. The number of nitrogens with one attached hydrogen (secondary N) is 1. The first-order chi connectivity index (χ1) is 14.6. The number of esters is 1. The number of thiazole rings is 1.